The molecule has 26 heavy (non-hydrogen) atoms. The topological polar surface area (TPSA) is 87.3 Å². The molecule has 0 saturated carbocycles. The predicted molar refractivity (Wildman–Crippen MR) is 101 cm³/mol. The highest BCUT2D eigenvalue weighted by atomic mass is 16.2. The van der Waals surface area contributed by atoms with Gasteiger partial charge in [-0.05, 0) is 51.1 Å². The van der Waals surface area contributed by atoms with Gasteiger partial charge >= 0.3 is 0 Å². The summed E-state index contributed by atoms with van der Waals surface area (Å²) in [6.45, 7) is 5.87. The van der Waals surface area contributed by atoms with Gasteiger partial charge in [-0.3, -0.25) is 14.4 Å². The number of rotatable bonds is 6. The Balaban J connectivity index is 1.99. The highest BCUT2D eigenvalue weighted by Gasteiger charge is 2.17. The second-order valence-corrected chi connectivity index (χ2v) is 5.99. The molecule has 3 N–H and O–H groups in total. The molecule has 0 fully saturated rings. The number of benzene rings is 2. The molecule has 1 unspecified atom stereocenters. The number of aryl methyl sites for hydroxylation is 1. The van der Waals surface area contributed by atoms with E-state index < -0.39 is 6.04 Å². The first-order chi connectivity index (χ1) is 12.4. The summed E-state index contributed by atoms with van der Waals surface area (Å²) in [6, 6.07) is 13.1. The number of nitrogens with one attached hydrogen (secondary N) is 3. The standard InChI is InChI=1S/C20H23N3O3/c1-4-21-19(25)16-9-6-10-17(12-16)23-18(24)14(3)22-20(26)15-8-5-7-13(2)11-15/h5-12,14H,4H2,1-3H3,(H,21,25)(H,22,26)(H,23,24). The Hall–Kier alpha value is -3.15. The summed E-state index contributed by atoms with van der Waals surface area (Å²) in [5.41, 5.74) is 2.43. The second kappa shape index (κ2) is 8.80. The molecule has 0 saturated heterocycles. The zero-order valence-corrected chi connectivity index (χ0v) is 15.1. The first-order valence-corrected chi connectivity index (χ1v) is 8.47. The van der Waals surface area contributed by atoms with E-state index in [1.165, 1.54) is 0 Å². The number of hydrogen-bond donors (Lipinski definition) is 3. The lowest BCUT2D eigenvalue weighted by Gasteiger charge is -2.15. The fraction of sp³-hybridized carbons (Fsp3) is 0.250. The van der Waals surface area contributed by atoms with E-state index in [2.05, 4.69) is 16.0 Å². The van der Waals surface area contributed by atoms with Crippen LogP contribution in [0.15, 0.2) is 48.5 Å². The summed E-state index contributed by atoms with van der Waals surface area (Å²) in [6.07, 6.45) is 0. The van der Waals surface area contributed by atoms with Crippen LogP contribution in [0.4, 0.5) is 5.69 Å². The van der Waals surface area contributed by atoms with Gasteiger partial charge in [0.25, 0.3) is 11.8 Å². The van der Waals surface area contributed by atoms with E-state index in [9.17, 15) is 14.4 Å². The summed E-state index contributed by atoms with van der Waals surface area (Å²) in [5.74, 6) is -0.879. The molecular formula is C20H23N3O3. The van der Waals surface area contributed by atoms with E-state index in [1.54, 1.807) is 49.4 Å². The van der Waals surface area contributed by atoms with Gasteiger partial charge in [0.05, 0.1) is 0 Å². The van der Waals surface area contributed by atoms with E-state index in [0.29, 0.717) is 23.4 Å². The van der Waals surface area contributed by atoms with E-state index in [-0.39, 0.29) is 17.7 Å². The van der Waals surface area contributed by atoms with Gasteiger partial charge in [0.15, 0.2) is 0 Å². The van der Waals surface area contributed by atoms with Crippen molar-refractivity contribution in [2.45, 2.75) is 26.8 Å². The van der Waals surface area contributed by atoms with Gasteiger partial charge in [-0.25, -0.2) is 0 Å². The van der Waals surface area contributed by atoms with Gasteiger partial charge < -0.3 is 16.0 Å². The highest BCUT2D eigenvalue weighted by molar-refractivity contribution is 6.02. The average Bonchev–Trinajstić information content (AvgIpc) is 2.62. The number of amides is 3. The number of carbonyl (C=O) groups excluding carboxylic acids is 3. The van der Waals surface area contributed by atoms with E-state index in [0.717, 1.165) is 5.56 Å². The molecule has 6 heteroatoms. The predicted octanol–water partition coefficient (Wildman–Crippen LogP) is 2.50. The molecule has 0 aliphatic rings. The molecule has 0 aliphatic carbocycles. The molecule has 0 aromatic heterocycles. The lowest BCUT2D eigenvalue weighted by molar-refractivity contribution is -0.117. The molecule has 136 valence electrons. The van der Waals surface area contributed by atoms with E-state index in [1.807, 2.05) is 19.9 Å². The van der Waals surface area contributed by atoms with Crippen molar-refractivity contribution in [1.82, 2.24) is 10.6 Å². The van der Waals surface area contributed by atoms with Crippen LogP contribution < -0.4 is 16.0 Å². The van der Waals surface area contributed by atoms with Crippen molar-refractivity contribution in [2.75, 3.05) is 11.9 Å². The molecule has 0 bridgehead atoms. The van der Waals surface area contributed by atoms with Crippen molar-refractivity contribution >= 4 is 23.4 Å². The van der Waals surface area contributed by atoms with Crippen molar-refractivity contribution < 1.29 is 14.4 Å². The van der Waals surface area contributed by atoms with Gasteiger partial charge in [0, 0.05) is 23.4 Å². The Morgan fingerprint density at radius 1 is 0.962 bits per heavy atom. The minimum absolute atomic E-state index is 0.204. The second-order valence-electron chi connectivity index (χ2n) is 5.99. The van der Waals surface area contributed by atoms with Crippen LogP contribution in [0.25, 0.3) is 0 Å². The normalized spacial score (nSPS) is 11.3. The Bertz CT molecular complexity index is 817. The van der Waals surface area contributed by atoms with Crippen LogP contribution >= 0.6 is 0 Å². The molecule has 6 nitrogen and oxygen atoms in total. The minimum atomic E-state index is -0.726. The number of hydrogen-bond acceptors (Lipinski definition) is 3. The molecule has 0 radical (unpaired) electrons. The van der Waals surface area contributed by atoms with Gasteiger partial charge in [-0.2, -0.15) is 0 Å². The number of carbonyl (C=O) groups is 3. The Morgan fingerprint density at radius 3 is 2.27 bits per heavy atom. The molecule has 0 aliphatic heterocycles. The van der Waals surface area contributed by atoms with Crippen LogP contribution in [0.2, 0.25) is 0 Å². The largest absolute Gasteiger partial charge is 0.352 e. The zero-order chi connectivity index (χ0) is 19.1. The Kier molecular flexibility index (Phi) is 6.49. The fourth-order valence-electron chi connectivity index (χ4n) is 2.38. The first kappa shape index (κ1) is 19.2. The van der Waals surface area contributed by atoms with Crippen molar-refractivity contribution in [1.29, 1.82) is 0 Å². The molecule has 2 aromatic rings. The molecule has 2 rings (SSSR count). The third-order valence-corrected chi connectivity index (χ3v) is 3.75. The van der Waals surface area contributed by atoms with Gasteiger partial charge in [0.1, 0.15) is 6.04 Å². The first-order valence-electron chi connectivity index (χ1n) is 8.47. The zero-order valence-electron chi connectivity index (χ0n) is 15.1. The summed E-state index contributed by atoms with van der Waals surface area (Å²) >= 11 is 0. The maximum Gasteiger partial charge on any atom is 0.251 e. The Morgan fingerprint density at radius 2 is 1.62 bits per heavy atom. The van der Waals surface area contributed by atoms with Crippen molar-refractivity contribution in [3.8, 4) is 0 Å². The molecule has 3 amide bonds. The van der Waals surface area contributed by atoms with Crippen LogP contribution in [-0.4, -0.2) is 30.3 Å². The maximum atomic E-state index is 12.3. The minimum Gasteiger partial charge on any atom is -0.352 e. The third kappa shape index (κ3) is 5.17. The lowest BCUT2D eigenvalue weighted by atomic mass is 10.1. The van der Waals surface area contributed by atoms with Crippen molar-refractivity contribution in [3.63, 3.8) is 0 Å². The lowest BCUT2D eigenvalue weighted by Crippen LogP contribution is -2.41. The summed E-state index contributed by atoms with van der Waals surface area (Å²) in [4.78, 5) is 36.4. The summed E-state index contributed by atoms with van der Waals surface area (Å²) in [5, 5.41) is 8.09. The molecular weight excluding hydrogens is 330 g/mol. The third-order valence-electron chi connectivity index (χ3n) is 3.75. The summed E-state index contributed by atoms with van der Waals surface area (Å²) in [7, 11) is 0. The van der Waals surface area contributed by atoms with Crippen LogP contribution in [0, 0.1) is 6.92 Å². The Labute approximate surface area is 153 Å². The van der Waals surface area contributed by atoms with Gasteiger partial charge in [0.2, 0.25) is 5.91 Å². The molecule has 0 heterocycles. The van der Waals surface area contributed by atoms with Crippen molar-refractivity contribution in [3.05, 3.63) is 65.2 Å². The maximum absolute atomic E-state index is 12.3. The van der Waals surface area contributed by atoms with Crippen LogP contribution in [-0.2, 0) is 4.79 Å². The van der Waals surface area contributed by atoms with Crippen LogP contribution in [0.1, 0.15) is 40.1 Å². The van der Waals surface area contributed by atoms with Gasteiger partial charge in [-0.15, -0.1) is 0 Å². The molecule has 2 aromatic carbocycles. The highest BCUT2D eigenvalue weighted by Crippen LogP contribution is 2.11. The smallest absolute Gasteiger partial charge is 0.251 e. The van der Waals surface area contributed by atoms with Crippen molar-refractivity contribution in [2.24, 2.45) is 0 Å². The van der Waals surface area contributed by atoms with Crippen LogP contribution in [0.3, 0.4) is 0 Å². The SMILES string of the molecule is CCNC(=O)c1cccc(NC(=O)C(C)NC(=O)c2cccc(C)c2)c1. The molecule has 0 spiro atoms. The van der Waals surface area contributed by atoms with E-state index in [4.69, 9.17) is 0 Å². The molecule has 1 atom stereocenters. The monoisotopic (exact) mass is 353 g/mol. The quantitative estimate of drug-likeness (QED) is 0.746. The summed E-state index contributed by atoms with van der Waals surface area (Å²) < 4.78 is 0. The fourth-order valence-corrected chi connectivity index (χ4v) is 2.38. The van der Waals surface area contributed by atoms with Crippen LogP contribution in [0.5, 0.6) is 0 Å². The van der Waals surface area contributed by atoms with E-state index >= 15 is 0 Å². The van der Waals surface area contributed by atoms with Gasteiger partial charge in [-0.1, -0.05) is 23.8 Å². The average molecular weight is 353 g/mol. The number of anilines is 1.